The fourth-order valence-corrected chi connectivity index (χ4v) is 2.37. The Morgan fingerprint density at radius 2 is 1.89 bits per heavy atom. The lowest BCUT2D eigenvalue weighted by molar-refractivity contribution is 0.118. The number of likely N-dealkylation sites (tertiary alicyclic amines) is 1. The summed E-state index contributed by atoms with van der Waals surface area (Å²) in [5, 5.41) is 3.38. The summed E-state index contributed by atoms with van der Waals surface area (Å²) in [5.74, 6) is 5.99. The number of hydrogen-bond acceptors (Lipinski definition) is 3. The average molecular weight is 266 g/mol. The Balaban J connectivity index is 1.74. The van der Waals surface area contributed by atoms with Crippen molar-refractivity contribution in [3.05, 3.63) is 0 Å². The topological polar surface area (TPSA) is 24.5 Å². The van der Waals surface area contributed by atoms with Crippen LogP contribution in [0.15, 0.2) is 0 Å². The molecule has 0 aromatic carbocycles. The number of nitrogens with one attached hydrogen (secondary N) is 1. The van der Waals surface area contributed by atoms with Crippen LogP contribution < -0.4 is 5.32 Å². The lowest BCUT2D eigenvalue weighted by Crippen LogP contribution is -2.31. The normalized spacial score (nSPS) is 16.1. The van der Waals surface area contributed by atoms with Crippen LogP contribution in [-0.4, -0.2) is 50.8 Å². The molecule has 0 aromatic heterocycles. The molecule has 1 N–H and O–H groups in total. The van der Waals surface area contributed by atoms with Crippen LogP contribution in [0, 0.1) is 11.8 Å². The first-order chi connectivity index (χ1) is 9.43. The molecule has 1 aliphatic rings. The van der Waals surface area contributed by atoms with Crippen LogP contribution in [-0.2, 0) is 4.74 Å². The van der Waals surface area contributed by atoms with Gasteiger partial charge in [0.2, 0.25) is 0 Å². The van der Waals surface area contributed by atoms with Crippen molar-refractivity contribution >= 4 is 0 Å². The molecule has 0 saturated carbocycles. The Labute approximate surface area is 119 Å². The Kier molecular flexibility index (Phi) is 10.8. The third-order valence-corrected chi connectivity index (χ3v) is 3.47. The molecule has 0 amide bonds. The van der Waals surface area contributed by atoms with Crippen LogP contribution in [0.5, 0.6) is 0 Å². The second-order valence-electron chi connectivity index (χ2n) is 5.15. The lowest BCUT2D eigenvalue weighted by Gasteiger charge is -2.26. The Morgan fingerprint density at radius 3 is 2.68 bits per heavy atom. The molecule has 3 nitrogen and oxygen atoms in total. The number of ether oxygens (including phenoxy) is 1. The SMILES string of the molecule is CC#CCCCNCCOCCCN1CCCCC1. The Bertz CT molecular complexity index is 251. The second-order valence-corrected chi connectivity index (χ2v) is 5.15. The molecule has 1 fully saturated rings. The van der Waals surface area contributed by atoms with E-state index in [1.165, 1.54) is 45.3 Å². The van der Waals surface area contributed by atoms with Crippen LogP contribution in [0.4, 0.5) is 0 Å². The van der Waals surface area contributed by atoms with Gasteiger partial charge in [0, 0.05) is 26.1 Å². The molecular formula is C16H30N2O. The van der Waals surface area contributed by atoms with Crippen molar-refractivity contribution < 1.29 is 4.74 Å². The molecule has 1 aliphatic heterocycles. The largest absolute Gasteiger partial charge is 0.380 e. The first-order valence-electron chi connectivity index (χ1n) is 7.84. The molecule has 1 heterocycles. The molecule has 0 spiro atoms. The molecule has 0 aliphatic carbocycles. The van der Waals surface area contributed by atoms with E-state index in [2.05, 4.69) is 22.1 Å². The molecule has 0 radical (unpaired) electrons. The van der Waals surface area contributed by atoms with Gasteiger partial charge < -0.3 is 15.0 Å². The van der Waals surface area contributed by atoms with Crippen LogP contribution in [0.2, 0.25) is 0 Å². The molecule has 0 bridgehead atoms. The highest BCUT2D eigenvalue weighted by molar-refractivity contribution is 4.94. The number of hydrogen-bond donors (Lipinski definition) is 1. The maximum Gasteiger partial charge on any atom is 0.0590 e. The molecular weight excluding hydrogens is 236 g/mol. The summed E-state index contributed by atoms with van der Waals surface area (Å²) < 4.78 is 5.64. The summed E-state index contributed by atoms with van der Waals surface area (Å²) in [7, 11) is 0. The third kappa shape index (κ3) is 9.95. The van der Waals surface area contributed by atoms with Crippen molar-refractivity contribution in [3.8, 4) is 11.8 Å². The first-order valence-corrected chi connectivity index (χ1v) is 7.84. The van der Waals surface area contributed by atoms with Gasteiger partial charge in [0.15, 0.2) is 0 Å². The summed E-state index contributed by atoms with van der Waals surface area (Å²) in [6.45, 7) is 9.44. The number of piperidine rings is 1. The van der Waals surface area contributed by atoms with Gasteiger partial charge in [0.1, 0.15) is 0 Å². The van der Waals surface area contributed by atoms with E-state index < -0.39 is 0 Å². The summed E-state index contributed by atoms with van der Waals surface area (Å²) >= 11 is 0. The Hall–Kier alpha value is -0.560. The van der Waals surface area contributed by atoms with Gasteiger partial charge in [-0.3, -0.25) is 0 Å². The highest BCUT2D eigenvalue weighted by Gasteiger charge is 2.08. The van der Waals surface area contributed by atoms with Crippen molar-refractivity contribution in [2.45, 2.75) is 45.4 Å². The monoisotopic (exact) mass is 266 g/mol. The van der Waals surface area contributed by atoms with Gasteiger partial charge in [-0.1, -0.05) is 6.42 Å². The van der Waals surface area contributed by atoms with E-state index >= 15 is 0 Å². The van der Waals surface area contributed by atoms with Gasteiger partial charge in [0.25, 0.3) is 0 Å². The van der Waals surface area contributed by atoms with Gasteiger partial charge in [-0.2, -0.15) is 0 Å². The predicted molar refractivity (Wildman–Crippen MR) is 81.3 cm³/mol. The van der Waals surface area contributed by atoms with Crippen molar-refractivity contribution in [3.63, 3.8) is 0 Å². The van der Waals surface area contributed by atoms with Crippen molar-refractivity contribution in [1.82, 2.24) is 10.2 Å². The second kappa shape index (κ2) is 12.5. The molecule has 110 valence electrons. The van der Waals surface area contributed by atoms with Gasteiger partial charge in [-0.15, -0.1) is 11.8 Å². The predicted octanol–water partition coefficient (Wildman–Crippen LogP) is 2.27. The van der Waals surface area contributed by atoms with Crippen LogP contribution in [0.3, 0.4) is 0 Å². The van der Waals surface area contributed by atoms with Crippen LogP contribution in [0.25, 0.3) is 0 Å². The zero-order valence-corrected chi connectivity index (χ0v) is 12.5. The number of nitrogens with zero attached hydrogens (tertiary/aromatic N) is 1. The molecule has 19 heavy (non-hydrogen) atoms. The van der Waals surface area contributed by atoms with Gasteiger partial charge in [-0.05, 0) is 52.2 Å². The smallest absolute Gasteiger partial charge is 0.0590 e. The number of rotatable bonds is 10. The quantitative estimate of drug-likeness (QED) is 0.485. The highest BCUT2D eigenvalue weighted by Crippen LogP contribution is 2.08. The summed E-state index contributed by atoms with van der Waals surface area (Å²) in [4.78, 5) is 2.57. The minimum atomic E-state index is 0.833. The fourth-order valence-electron chi connectivity index (χ4n) is 2.37. The van der Waals surface area contributed by atoms with E-state index in [9.17, 15) is 0 Å². The molecule has 0 unspecified atom stereocenters. The molecule has 0 aromatic rings. The van der Waals surface area contributed by atoms with E-state index in [1.807, 2.05) is 6.92 Å². The van der Waals surface area contributed by atoms with E-state index in [0.717, 1.165) is 39.1 Å². The third-order valence-electron chi connectivity index (χ3n) is 3.47. The van der Waals surface area contributed by atoms with Crippen molar-refractivity contribution in [2.75, 3.05) is 45.9 Å². The van der Waals surface area contributed by atoms with E-state index in [-0.39, 0.29) is 0 Å². The summed E-state index contributed by atoms with van der Waals surface area (Å²) in [6, 6.07) is 0. The van der Waals surface area contributed by atoms with Crippen molar-refractivity contribution in [1.29, 1.82) is 0 Å². The van der Waals surface area contributed by atoms with E-state index in [1.54, 1.807) is 0 Å². The molecule has 1 rings (SSSR count). The Morgan fingerprint density at radius 1 is 1.05 bits per heavy atom. The molecule has 0 atom stereocenters. The summed E-state index contributed by atoms with van der Waals surface area (Å²) in [5.41, 5.74) is 0. The standard InChI is InChI=1S/C16H30N2O/c1-2-3-4-6-10-17-11-16-19-15-9-14-18-12-7-5-8-13-18/h17H,4-16H2,1H3. The number of unbranched alkanes of at least 4 members (excludes halogenated alkanes) is 1. The minimum absolute atomic E-state index is 0.833. The highest BCUT2D eigenvalue weighted by atomic mass is 16.5. The van der Waals surface area contributed by atoms with Gasteiger partial charge in [-0.25, -0.2) is 0 Å². The fraction of sp³-hybridized carbons (Fsp3) is 0.875. The van der Waals surface area contributed by atoms with Gasteiger partial charge >= 0.3 is 0 Å². The van der Waals surface area contributed by atoms with E-state index in [4.69, 9.17) is 4.74 Å². The molecule has 1 saturated heterocycles. The average Bonchev–Trinajstić information content (AvgIpc) is 2.46. The van der Waals surface area contributed by atoms with E-state index in [0.29, 0.717) is 0 Å². The van der Waals surface area contributed by atoms with Crippen molar-refractivity contribution in [2.24, 2.45) is 0 Å². The van der Waals surface area contributed by atoms with Crippen LogP contribution in [0.1, 0.15) is 45.4 Å². The maximum absolute atomic E-state index is 5.64. The minimum Gasteiger partial charge on any atom is -0.380 e. The van der Waals surface area contributed by atoms with Crippen LogP contribution >= 0.6 is 0 Å². The zero-order valence-electron chi connectivity index (χ0n) is 12.5. The lowest BCUT2D eigenvalue weighted by atomic mass is 10.1. The zero-order chi connectivity index (χ0) is 13.6. The first kappa shape index (κ1) is 16.5. The maximum atomic E-state index is 5.64. The molecule has 3 heteroatoms. The van der Waals surface area contributed by atoms with Gasteiger partial charge in [0.05, 0.1) is 6.61 Å². The summed E-state index contributed by atoms with van der Waals surface area (Å²) in [6.07, 6.45) is 7.49.